The van der Waals surface area contributed by atoms with E-state index >= 15 is 0 Å². The molecular weight excluding hydrogens is 843 g/mol. The molecule has 18 heteroatoms. The van der Waals surface area contributed by atoms with Gasteiger partial charge in [0.05, 0.1) is 41.5 Å². The van der Waals surface area contributed by atoms with Crippen LogP contribution in [0.5, 0.6) is 5.75 Å². The number of piperidine rings is 2. The quantitative estimate of drug-likeness (QED) is 0.128. The van der Waals surface area contributed by atoms with Crippen LogP contribution in [0.4, 0.5) is 34.5 Å². The van der Waals surface area contributed by atoms with Crippen molar-refractivity contribution < 1.29 is 28.5 Å². The number of piperazine rings is 1. The van der Waals surface area contributed by atoms with Gasteiger partial charge in [-0.3, -0.25) is 34.3 Å². The average molecular weight is 895 g/mol. The highest BCUT2D eigenvalue weighted by atomic mass is 35.5. The Labute approximate surface area is 371 Å². The normalized spacial score (nSPS) is 20.4. The van der Waals surface area contributed by atoms with Crippen LogP contribution in [-0.2, 0) is 14.2 Å². The van der Waals surface area contributed by atoms with Crippen molar-refractivity contribution >= 4 is 82.2 Å². The number of anilines is 6. The summed E-state index contributed by atoms with van der Waals surface area (Å²) < 4.78 is 18.7. The van der Waals surface area contributed by atoms with Gasteiger partial charge in [-0.2, -0.15) is 4.98 Å². The minimum Gasteiger partial charge on any atom is -0.494 e. The molecule has 3 aromatic carbocycles. The minimum absolute atomic E-state index is 0.0939. The molecule has 4 fully saturated rings. The number of hydrogen-bond donors (Lipinski definition) is 3. The molecule has 1 unspecified atom stereocenters. The fourth-order valence-corrected chi connectivity index (χ4v) is 10.9. The van der Waals surface area contributed by atoms with E-state index in [1.54, 1.807) is 32.6 Å². The maximum Gasteiger partial charge on any atom is 0.264 e. The third kappa shape index (κ3) is 8.73. The number of aromatic nitrogens is 2. The molecule has 4 amide bonds. The topological polar surface area (TPSA) is 173 Å². The first kappa shape index (κ1) is 42.7. The Hall–Kier alpha value is -5.54. The van der Waals surface area contributed by atoms with Crippen molar-refractivity contribution in [1.82, 2.24) is 30.0 Å². The van der Waals surface area contributed by atoms with Gasteiger partial charge in [-0.15, -0.1) is 0 Å². The molecule has 4 saturated heterocycles. The van der Waals surface area contributed by atoms with E-state index in [4.69, 9.17) is 16.3 Å². The largest absolute Gasteiger partial charge is 0.494 e. The van der Waals surface area contributed by atoms with E-state index in [-0.39, 0.29) is 18.7 Å². The molecule has 0 spiro atoms. The number of hydrogen-bond acceptors (Lipinski definition) is 14. The van der Waals surface area contributed by atoms with Crippen molar-refractivity contribution in [2.45, 2.75) is 37.8 Å². The van der Waals surface area contributed by atoms with Gasteiger partial charge in [0.2, 0.25) is 17.8 Å². The summed E-state index contributed by atoms with van der Waals surface area (Å²) in [7, 11) is -0.904. The molecule has 0 saturated carbocycles. The van der Waals surface area contributed by atoms with Crippen molar-refractivity contribution in [3.8, 4) is 5.75 Å². The van der Waals surface area contributed by atoms with E-state index in [1.807, 2.05) is 42.5 Å². The van der Waals surface area contributed by atoms with Gasteiger partial charge in [0.1, 0.15) is 24.0 Å². The zero-order valence-corrected chi connectivity index (χ0v) is 37.3. The van der Waals surface area contributed by atoms with Gasteiger partial charge in [0.15, 0.2) is 5.82 Å². The molecule has 5 aliphatic heterocycles. The smallest absolute Gasteiger partial charge is 0.264 e. The Bertz CT molecular complexity index is 2500. The van der Waals surface area contributed by atoms with Gasteiger partial charge < -0.3 is 34.6 Å². The molecule has 3 N–H and O–H groups in total. The molecule has 0 bridgehead atoms. The highest BCUT2D eigenvalue weighted by Crippen LogP contribution is 2.40. The number of amides is 4. The Morgan fingerprint density at radius 2 is 1.62 bits per heavy atom. The molecule has 1 aromatic heterocycles. The van der Waals surface area contributed by atoms with Crippen LogP contribution in [0.3, 0.4) is 0 Å². The summed E-state index contributed by atoms with van der Waals surface area (Å²) in [6.07, 6.45) is 3.91. The van der Waals surface area contributed by atoms with Crippen LogP contribution in [0.15, 0.2) is 66.9 Å². The number of nitrogens with one attached hydrogen (secondary N) is 3. The lowest BCUT2D eigenvalue weighted by Gasteiger charge is -2.47. The summed E-state index contributed by atoms with van der Waals surface area (Å²) in [4.78, 5) is 71.0. The van der Waals surface area contributed by atoms with Crippen molar-refractivity contribution in [3.05, 3.63) is 83.0 Å². The molecule has 0 radical (unpaired) electrons. The molecule has 4 aromatic rings. The standard InChI is InChI=1S/C45H52ClN10O6P/c1-62-37-23-30(11-12-33(37)49-45-47-24-32(46)41(51-45)48-34-8-4-5-10-38(34)63(2,3)61)53-17-15-29(16-18-53)54-21-19-52(20-22-54)25-28-26-55(27-28)35-9-6-7-31-40(35)44(60)56(43(31)59)36-13-14-39(57)50-42(36)58/h4-12,23-24,28-29,36H,13-22,25-27H2,1-3H3,(H,50,57,58)(H2,47,48,49,51). The van der Waals surface area contributed by atoms with E-state index in [1.165, 1.54) is 6.20 Å². The zero-order valence-electron chi connectivity index (χ0n) is 35.7. The van der Waals surface area contributed by atoms with E-state index in [0.717, 1.165) is 93.7 Å². The molecule has 16 nitrogen and oxygen atoms in total. The number of fused-ring (bicyclic) bond motifs is 1. The summed E-state index contributed by atoms with van der Waals surface area (Å²) in [5.41, 5.74) is 3.91. The first-order chi connectivity index (χ1) is 30.3. The van der Waals surface area contributed by atoms with E-state index in [9.17, 15) is 23.7 Å². The lowest BCUT2D eigenvalue weighted by Crippen LogP contribution is -2.57. The van der Waals surface area contributed by atoms with Gasteiger partial charge >= 0.3 is 0 Å². The SMILES string of the molecule is COc1cc(N2CCC(N3CCN(CC4CN(c5cccc6c5C(=O)N(C5CCC(=O)NC5=O)C6=O)C4)CC3)CC2)ccc1Nc1ncc(Cl)c(Nc2ccccc2P(C)(C)=O)n1. The second kappa shape index (κ2) is 17.6. The molecule has 330 valence electrons. The van der Waals surface area contributed by atoms with Crippen molar-refractivity contribution in [2.75, 3.05) is 99.8 Å². The van der Waals surface area contributed by atoms with Crippen LogP contribution in [0.25, 0.3) is 0 Å². The molecular formula is C45H52ClN10O6P. The molecule has 1 atom stereocenters. The second-order valence-corrected chi connectivity index (χ2v) is 21.0. The molecule has 9 rings (SSSR count). The summed E-state index contributed by atoms with van der Waals surface area (Å²) in [5.74, 6) is -0.0653. The van der Waals surface area contributed by atoms with Crippen LogP contribution in [0, 0.1) is 5.92 Å². The van der Waals surface area contributed by atoms with Crippen molar-refractivity contribution in [1.29, 1.82) is 0 Å². The van der Waals surface area contributed by atoms with Crippen LogP contribution in [-0.4, -0.2) is 140 Å². The Balaban J connectivity index is 0.742. The van der Waals surface area contributed by atoms with Crippen molar-refractivity contribution in [2.24, 2.45) is 5.92 Å². The average Bonchev–Trinajstić information content (AvgIpc) is 3.52. The van der Waals surface area contributed by atoms with Crippen molar-refractivity contribution in [3.63, 3.8) is 0 Å². The number of methoxy groups -OCH3 is 1. The third-order valence-corrected chi connectivity index (χ3v) is 14.8. The number of benzene rings is 3. The van der Waals surface area contributed by atoms with Crippen LogP contribution >= 0.6 is 18.7 Å². The van der Waals surface area contributed by atoms with E-state index in [2.05, 4.69) is 51.6 Å². The van der Waals surface area contributed by atoms with Gasteiger partial charge in [0.25, 0.3) is 11.8 Å². The summed E-state index contributed by atoms with van der Waals surface area (Å²) >= 11 is 6.49. The van der Waals surface area contributed by atoms with Gasteiger partial charge in [-0.05, 0) is 69.0 Å². The van der Waals surface area contributed by atoms with E-state index in [0.29, 0.717) is 56.6 Å². The van der Waals surface area contributed by atoms with Gasteiger partial charge in [0, 0.05) is 94.3 Å². The number of imide groups is 2. The first-order valence-corrected chi connectivity index (χ1v) is 24.5. The van der Waals surface area contributed by atoms with Crippen LogP contribution < -0.4 is 35.8 Å². The lowest BCUT2D eigenvalue weighted by molar-refractivity contribution is -0.136. The predicted octanol–water partition coefficient (Wildman–Crippen LogP) is 5.00. The summed E-state index contributed by atoms with van der Waals surface area (Å²) in [5, 5.41) is 9.85. The number of rotatable bonds is 12. The maximum atomic E-state index is 13.6. The van der Waals surface area contributed by atoms with Gasteiger partial charge in [-0.1, -0.05) is 29.8 Å². The maximum absolute atomic E-state index is 13.6. The summed E-state index contributed by atoms with van der Waals surface area (Å²) in [6.45, 7) is 12.0. The second-order valence-electron chi connectivity index (χ2n) is 17.4. The van der Waals surface area contributed by atoms with Crippen LogP contribution in [0.1, 0.15) is 46.4 Å². The number of carbonyl (C=O) groups excluding carboxylic acids is 4. The fraction of sp³-hybridized carbons (Fsp3) is 0.422. The van der Waals surface area contributed by atoms with Gasteiger partial charge in [-0.25, -0.2) is 4.98 Å². The van der Waals surface area contributed by atoms with Crippen LogP contribution in [0.2, 0.25) is 5.02 Å². The predicted molar refractivity (Wildman–Crippen MR) is 244 cm³/mol. The third-order valence-electron chi connectivity index (χ3n) is 12.9. The number of ether oxygens (including phenoxy) is 1. The molecule has 0 aliphatic carbocycles. The number of carbonyl (C=O) groups is 4. The molecule has 63 heavy (non-hydrogen) atoms. The first-order valence-electron chi connectivity index (χ1n) is 21.5. The Morgan fingerprint density at radius 1 is 0.857 bits per heavy atom. The van der Waals surface area contributed by atoms with E-state index < -0.39 is 30.9 Å². The Morgan fingerprint density at radius 3 is 2.35 bits per heavy atom. The highest BCUT2D eigenvalue weighted by Gasteiger charge is 2.47. The monoisotopic (exact) mass is 894 g/mol. The number of halogens is 1. The highest BCUT2D eigenvalue weighted by molar-refractivity contribution is 7.70. The minimum atomic E-state index is -2.55. The molecule has 5 aliphatic rings. The number of para-hydroxylation sites is 1. The lowest BCUT2D eigenvalue weighted by atomic mass is 9.95. The molecule has 6 heterocycles. The zero-order chi connectivity index (χ0) is 44.0. The Kier molecular flexibility index (Phi) is 11.9. The summed E-state index contributed by atoms with van der Waals surface area (Å²) in [6, 6.07) is 18.4. The number of nitrogens with zero attached hydrogens (tertiary/aromatic N) is 7. The fourth-order valence-electron chi connectivity index (χ4n) is 9.60.